The molecule has 0 aromatic carbocycles. The molecule has 0 radical (unpaired) electrons. The van der Waals surface area contributed by atoms with Crippen molar-refractivity contribution in [2.24, 2.45) is 0 Å². The molecule has 92 valence electrons. The number of hydrogen-bond donors (Lipinski definition) is 2. The van der Waals surface area contributed by atoms with E-state index >= 15 is 0 Å². The third kappa shape index (κ3) is 2.06. The first-order valence-corrected chi connectivity index (χ1v) is 6.53. The highest BCUT2D eigenvalue weighted by Crippen LogP contribution is 2.30. The Morgan fingerprint density at radius 1 is 1.39 bits per heavy atom. The maximum atomic E-state index is 11.9. The lowest BCUT2D eigenvalue weighted by Gasteiger charge is -2.00. The van der Waals surface area contributed by atoms with Gasteiger partial charge in [-0.3, -0.25) is 14.9 Å². The molecule has 6 heteroatoms. The van der Waals surface area contributed by atoms with Crippen molar-refractivity contribution in [2.45, 2.75) is 19.3 Å². The summed E-state index contributed by atoms with van der Waals surface area (Å²) >= 11 is 1.51. The molecule has 0 saturated heterocycles. The van der Waals surface area contributed by atoms with E-state index in [0.29, 0.717) is 5.13 Å². The van der Waals surface area contributed by atoms with Crippen LogP contribution in [0.1, 0.15) is 27.5 Å². The Morgan fingerprint density at radius 2 is 2.28 bits per heavy atom. The molecule has 1 amide bonds. The molecule has 0 saturated carbocycles. The van der Waals surface area contributed by atoms with Gasteiger partial charge in [0, 0.05) is 10.9 Å². The monoisotopic (exact) mass is 261 g/mol. The van der Waals surface area contributed by atoms with Crippen molar-refractivity contribution in [1.82, 2.24) is 9.97 Å². The van der Waals surface area contributed by atoms with E-state index in [-0.39, 0.29) is 17.2 Å². The Balaban J connectivity index is 1.80. The highest BCUT2D eigenvalue weighted by molar-refractivity contribution is 7.15. The summed E-state index contributed by atoms with van der Waals surface area (Å²) in [6.45, 7) is 0. The van der Waals surface area contributed by atoms with Gasteiger partial charge in [0.25, 0.3) is 5.91 Å². The van der Waals surface area contributed by atoms with Crippen LogP contribution in [0.4, 0.5) is 5.13 Å². The van der Waals surface area contributed by atoms with Crippen LogP contribution in [0.3, 0.4) is 0 Å². The minimum Gasteiger partial charge on any atom is -0.318 e. The molecule has 0 bridgehead atoms. The molecule has 2 N–H and O–H groups in total. The Hall–Kier alpha value is -1.95. The summed E-state index contributed by atoms with van der Waals surface area (Å²) in [6, 6.07) is 4.49. The fourth-order valence-corrected chi connectivity index (χ4v) is 3.03. The summed E-state index contributed by atoms with van der Waals surface area (Å²) in [5, 5.41) is 3.32. The number of anilines is 1. The van der Waals surface area contributed by atoms with Gasteiger partial charge < -0.3 is 4.98 Å². The van der Waals surface area contributed by atoms with E-state index in [0.717, 1.165) is 25.0 Å². The molecular formula is C12H11N3O2S. The van der Waals surface area contributed by atoms with E-state index in [9.17, 15) is 9.59 Å². The Morgan fingerprint density at radius 3 is 3.06 bits per heavy atom. The molecule has 1 aliphatic rings. The molecule has 0 spiro atoms. The van der Waals surface area contributed by atoms with Crippen LogP contribution >= 0.6 is 11.3 Å². The molecule has 2 heterocycles. The number of H-pyrrole nitrogens is 1. The zero-order chi connectivity index (χ0) is 12.5. The average Bonchev–Trinajstić information content (AvgIpc) is 2.89. The number of carbonyl (C=O) groups excluding carboxylic acids is 1. The van der Waals surface area contributed by atoms with Crippen molar-refractivity contribution in [3.63, 3.8) is 0 Å². The molecule has 0 unspecified atom stereocenters. The molecule has 3 rings (SSSR count). The molecule has 1 aliphatic carbocycles. The molecule has 0 atom stereocenters. The van der Waals surface area contributed by atoms with Gasteiger partial charge in [-0.2, -0.15) is 0 Å². The van der Waals surface area contributed by atoms with Gasteiger partial charge in [0.2, 0.25) is 5.56 Å². The van der Waals surface area contributed by atoms with E-state index in [4.69, 9.17) is 0 Å². The lowest BCUT2D eigenvalue weighted by atomic mass is 10.3. The third-order valence-corrected chi connectivity index (χ3v) is 3.90. The number of nitrogens with zero attached hydrogens (tertiary/aromatic N) is 1. The molecular weight excluding hydrogens is 250 g/mol. The van der Waals surface area contributed by atoms with Gasteiger partial charge in [-0.15, -0.1) is 11.3 Å². The number of pyridine rings is 1. The number of hydrogen-bond acceptors (Lipinski definition) is 4. The standard InChI is InChI=1S/C12H11N3O2S/c16-10-6-2-4-8(13-10)11(17)15-12-14-7-3-1-5-9(7)18-12/h2,4,6H,1,3,5H2,(H,13,16)(H,14,15,17). The van der Waals surface area contributed by atoms with Crippen molar-refractivity contribution < 1.29 is 4.79 Å². The maximum Gasteiger partial charge on any atom is 0.273 e. The van der Waals surface area contributed by atoms with E-state index in [1.54, 1.807) is 12.1 Å². The fraction of sp³-hybridized carbons (Fsp3) is 0.250. The largest absolute Gasteiger partial charge is 0.318 e. The van der Waals surface area contributed by atoms with Gasteiger partial charge in [-0.1, -0.05) is 6.07 Å². The Labute approximate surface area is 107 Å². The summed E-state index contributed by atoms with van der Waals surface area (Å²) in [7, 11) is 0. The molecule has 0 fully saturated rings. The first-order chi connectivity index (χ1) is 8.72. The van der Waals surface area contributed by atoms with E-state index in [2.05, 4.69) is 15.3 Å². The summed E-state index contributed by atoms with van der Waals surface area (Å²) in [5.74, 6) is -0.333. The van der Waals surface area contributed by atoms with E-state index < -0.39 is 0 Å². The van der Waals surface area contributed by atoms with Gasteiger partial charge in [0.15, 0.2) is 5.13 Å². The predicted molar refractivity (Wildman–Crippen MR) is 69.2 cm³/mol. The third-order valence-electron chi connectivity index (χ3n) is 2.83. The van der Waals surface area contributed by atoms with Crippen LogP contribution < -0.4 is 10.9 Å². The molecule has 2 aromatic heterocycles. The van der Waals surface area contributed by atoms with Crippen LogP contribution in [0.2, 0.25) is 0 Å². The average molecular weight is 261 g/mol. The van der Waals surface area contributed by atoms with Crippen LogP contribution in [0.5, 0.6) is 0 Å². The quantitative estimate of drug-likeness (QED) is 0.861. The number of fused-ring (bicyclic) bond motifs is 1. The summed E-state index contributed by atoms with van der Waals surface area (Å²) < 4.78 is 0. The number of rotatable bonds is 2. The first kappa shape index (κ1) is 11.2. The smallest absolute Gasteiger partial charge is 0.273 e. The lowest BCUT2D eigenvalue weighted by Crippen LogP contribution is -2.17. The number of carbonyl (C=O) groups is 1. The van der Waals surface area contributed by atoms with Crippen molar-refractivity contribution in [3.8, 4) is 0 Å². The van der Waals surface area contributed by atoms with Crippen LogP contribution in [-0.4, -0.2) is 15.9 Å². The van der Waals surface area contributed by atoms with Crippen LogP contribution in [0, 0.1) is 0 Å². The number of thiazole rings is 1. The van der Waals surface area contributed by atoms with Gasteiger partial charge in [-0.25, -0.2) is 4.98 Å². The summed E-state index contributed by atoms with van der Waals surface area (Å²) in [5.41, 5.74) is 1.05. The number of amides is 1. The lowest BCUT2D eigenvalue weighted by molar-refractivity contribution is 0.102. The topological polar surface area (TPSA) is 74.8 Å². The van der Waals surface area contributed by atoms with Crippen molar-refractivity contribution in [1.29, 1.82) is 0 Å². The SMILES string of the molecule is O=C(Nc1nc2c(s1)CCC2)c1cccc(=O)[nH]1. The fourth-order valence-electron chi connectivity index (χ4n) is 1.99. The van der Waals surface area contributed by atoms with Gasteiger partial charge in [0.1, 0.15) is 5.69 Å². The molecule has 18 heavy (non-hydrogen) atoms. The van der Waals surface area contributed by atoms with E-state index in [1.807, 2.05) is 0 Å². The predicted octanol–water partition coefficient (Wildman–Crippen LogP) is 1.57. The van der Waals surface area contributed by atoms with Crippen LogP contribution in [0.15, 0.2) is 23.0 Å². The van der Waals surface area contributed by atoms with Crippen LogP contribution in [-0.2, 0) is 12.8 Å². The number of aromatic nitrogens is 2. The number of nitrogens with one attached hydrogen (secondary N) is 2. The maximum absolute atomic E-state index is 11.9. The van der Waals surface area contributed by atoms with Gasteiger partial charge in [-0.05, 0) is 25.3 Å². The van der Waals surface area contributed by atoms with Crippen LogP contribution in [0.25, 0.3) is 0 Å². The summed E-state index contributed by atoms with van der Waals surface area (Å²) in [6.07, 6.45) is 3.18. The Kier molecular flexibility index (Phi) is 2.71. The van der Waals surface area contributed by atoms with Gasteiger partial charge >= 0.3 is 0 Å². The molecule has 5 nitrogen and oxygen atoms in total. The highest BCUT2D eigenvalue weighted by atomic mass is 32.1. The normalized spacial score (nSPS) is 13.3. The van der Waals surface area contributed by atoms with Crippen molar-refractivity contribution in [3.05, 3.63) is 44.8 Å². The number of aromatic amines is 1. The zero-order valence-electron chi connectivity index (χ0n) is 9.53. The minimum absolute atomic E-state index is 0.248. The van der Waals surface area contributed by atoms with Crippen molar-refractivity contribution in [2.75, 3.05) is 5.32 Å². The molecule has 0 aliphatic heterocycles. The second-order valence-corrected chi connectivity index (χ2v) is 5.21. The molecule has 2 aromatic rings. The Bertz CT molecular complexity index is 638. The minimum atomic E-state index is -0.333. The van der Waals surface area contributed by atoms with Crippen molar-refractivity contribution >= 4 is 22.4 Å². The zero-order valence-corrected chi connectivity index (χ0v) is 10.3. The second kappa shape index (κ2) is 4.38. The van der Waals surface area contributed by atoms with E-state index in [1.165, 1.54) is 22.3 Å². The first-order valence-electron chi connectivity index (χ1n) is 5.71. The highest BCUT2D eigenvalue weighted by Gasteiger charge is 2.18. The number of aryl methyl sites for hydroxylation is 2. The summed E-state index contributed by atoms with van der Waals surface area (Å²) in [4.78, 5) is 31.1. The second-order valence-electron chi connectivity index (χ2n) is 4.13. The van der Waals surface area contributed by atoms with Gasteiger partial charge in [0.05, 0.1) is 5.69 Å².